The molecule has 0 atom stereocenters. The summed E-state index contributed by atoms with van der Waals surface area (Å²) in [6, 6.07) is 15.7. The van der Waals surface area contributed by atoms with Crippen LogP contribution in [0.25, 0.3) is 0 Å². The maximum atomic E-state index is 6.00. The molecule has 0 amide bonds. The van der Waals surface area contributed by atoms with Crippen molar-refractivity contribution in [2.24, 2.45) is 10.1 Å². The number of anilines is 3. The molecule has 8 heteroatoms. The van der Waals surface area contributed by atoms with Crippen molar-refractivity contribution >= 4 is 51.2 Å². The fraction of sp³-hybridized carbons (Fsp3) is 0.150. The molecule has 1 N–H and O–H groups in total. The van der Waals surface area contributed by atoms with E-state index in [4.69, 9.17) is 16.3 Å². The summed E-state index contributed by atoms with van der Waals surface area (Å²) in [7, 11) is 1.61. The summed E-state index contributed by atoms with van der Waals surface area (Å²) < 4.78 is 5.33. The Morgan fingerprint density at radius 2 is 2.07 bits per heavy atom. The monoisotopic (exact) mass is 411 g/mol. The molecule has 0 radical (unpaired) electrons. The molecule has 1 aromatic heterocycles. The first-order valence-corrected chi connectivity index (χ1v) is 9.93. The molecule has 2 heterocycles. The molecule has 0 saturated carbocycles. The summed E-state index contributed by atoms with van der Waals surface area (Å²) in [5.41, 5.74) is 2.93. The van der Waals surface area contributed by atoms with Crippen LogP contribution in [0.1, 0.15) is 5.56 Å². The van der Waals surface area contributed by atoms with E-state index in [1.807, 2.05) is 58.9 Å². The Hall–Kier alpha value is -2.90. The third-order valence-corrected chi connectivity index (χ3v) is 5.08. The van der Waals surface area contributed by atoms with Crippen LogP contribution in [0.4, 0.5) is 16.5 Å². The zero-order chi connectivity index (χ0) is 19.3. The standard InChI is InChI=1S/C20H18ClN5OS/c1-27-19-13-23-18(11-14-5-7-15(21)8-6-14)26(25-19)17-4-2-3-16(12-17)24-20-22-9-10-28-20/h2-10,12H,11,13H2,1H3,(H,22,24). The summed E-state index contributed by atoms with van der Waals surface area (Å²) in [4.78, 5) is 8.95. The largest absolute Gasteiger partial charge is 0.482 e. The molecule has 1 aliphatic heterocycles. The van der Waals surface area contributed by atoms with Crippen molar-refractivity contribution in [3.8, 4) is 0 Å². The van der Waals surface area contributed by atoms with Gasteiger partial charge in [0.05, 0.1) is 12.8 Å². The molecule has 0 aliphatic carbocycles. The van der Waals surface area contributed by atoms with Crippen molar-refractivity contribution < 1.29 is 4.74 Å². The smallest absolute Gasteiger partial charge is 0.228 e. The molecule has 4 rings (SSSR count). The summed E-state index contributed by atoms with van der Waals surface area (Å²) in [6.07, 6.45) is 2.41. The second kappa shape index (κ2) is 8.41. The highest BCUT2D eigenvalue weighted by Gasteiger charge is 2.20. The van der Waals surface area contributed by atoms with E-state index in [0.717, 1.165) is 27.9 Å². The van der Waals surface area contributed by atoms with E-state index < -0.39 is 0 Å². The third kappa shape index (κ3) is 4.32. The van der Waals surface area contributed by atoms with E-state index in [9.17, 15) is 0 Å². The number of methoxy groups -OCH3 is 1. The lowest BCUT2D eigenvalue weighted by Crippen LogP contribution is -2.34. The van der Waals surface area contributed by atoms with Gasteiger partial charge in [0.1, 0.15) is 12.4 Å². The first-order valence-electron chi connectivity index (χ1n) is 8.67. The number of halogens is 1. The van der Waals surface area contributed by atoms with Gasteiger partial charge in [-0.1, -0.05) is 29.8 Å². The highest BCUT2D eigenvalue weighted by molar-refractivity contribution is 7.13. The Kier molecular flexibility index (Phi) is 5.55. The summed E-state index contributed by atoms with van der Waals surface area (Å²) in [6.45, 7) is 0.424. The number of aliphatic imine (C=N–C) groups is 1. The van der Waals surface area contributed by atoms with E-state index in [1.165, 1.54) is 0 Å². The van der Waals surface area contributed by atoms with Crippen LogP contribution in [0.3, 0.4) is 0 Å². The maximum Gasteiger partial charge on any atom is 0.228 e. The predicted molar refractivity (Wildman–Crippen MR) is 116 cm³/mol. The van der Waals surface area contributed by atoms with Gasteiger partial charge in [-0.3, -0.25) is 4.99 Å². The molecular formula is C20H18ClN5OS. The summed E-state index contributed by atoms with van der Waals surface area (Å²) in [5.74, 6) is 1.41. The predicted octanol–water partition coefficient (Wildman–Crippen LogP) is 4.96. The van der Waals surface area contributed by atoms with Crippen LogP contribution in [0.15, 0.2) is 70.2 Å². The molecular weight excluding hydrogens is 394 g/mol. The van der Waals surface area contributed by atoms with Gasteiger partial charge in [-0.25, -0.2) is 9.99 Å². The van der Waals surface area contributed by atoms with Crippen LogP contribution < -0.4 is 10.3 Å². The number of hydrogen-bond acceptors (Lipinski definition) is 7. The highest BCUT2D eigenvalue weighted by atomic mass is 35.5. The minimum atomic E-state index is 0.424. The lowest BCUT2D eigenvalue weighted by atomic mass is 10.1. The minimum absolute atomic E-state index is 0.424. The number of benzene rings is 2. The molecule has 0 unspecified atom stereocenters. The van der Waals surface area contributed by atoms with Crippen LogP contribution in [0.2, 0.25) is 5.02 Å². The van der Waals surface area contributed by atoms with Crippen molar-refractivity contribution in [2.75, 3.05) is 24.0 Å². The summed E-state index contributed by atoms with van der Waals surface area (Å²) in [5, 5.41) is 13.3. The number of ether oxygens (including phenoxy) is 1. The molecule has 1 aliphatic rings. The average Bonchev–Trinajstić information content (AvgIpc) is 3.23. The second-order valence-corrected chi connectivity index (χ2v) is 7.39. The maximum absolute atomic E-state index is 6.00. The second-order valence-electron chi connectivity index (χ2n) is 6.06. The van der Waals surface area contributed by atoms with Crippen LogP contribution >= 0.6 is 22.9 Å². The minimum Gasteiger partial charge on any atom is -0.482 e. The topological polar surface area (TPSA) is 62.1 Å². The fourth-order valence-electron chi connectivity index (χ4n) is 2.78. The number of nitrogens with one attached hydrogen (secondary N) is 1. The van der Waals surface area contributed by atoms with Crippen LogP contribution in [-0.4, -0.2) is 30.4 Å². The third-order valence-electron chi connectivity index (χ3n) is 4.14. The van der Waals surface area contributed by atoms with Crippen LogP contribution in [-0.2, 0) is 11.2 Å². The van der Waals surface area contributed by atoms with Crippen molar-refractivity contribution in [2.45, 2.75) is 6.42 Å². The fourth-order valence-corrected chi connectivity index (χ4v) is 3.45. The number of aromatic nitrogens is 1. The van der Waals surface area contributed by atoms with E-state index in [1.54, 1.807) is 24.6 Å². The Morgan fingerprint density at radius 3 is 2.82 bits per heavy atom. The molecule has 0 spiro atoms. The van der Waals surface area contributed by atoms with Crippen molar-refractivity contribution in [1.29, 1.82) is 0 Å². The van der Waals surface area contributed by atoms with Gasteiger partial charge in [-0.05, 0) is 35.9 Å². The van der Waals surface area contributed by atoms with Crippen LogP contribution in [0, 0.1) is 0 Å². The van der Waals surface area contributed by atoms with Gasteiger partial charge in [0.15, 0.2) is 5.13 Å². The van der Waals surface area contributed by atoms with Gasteiger partial charge < -0.3 is 10.1 Å². The van der Waals surface area contributed by atoms with Gasteiger partial charge in [-0.2, -0.15) is 0 Å². The van der Waals surface area contributed by atoms with E-state index in [2.05, 4.69) is 20.4 Å². The number of thiazole rings is 1. The molecule has 0 fully saturated rings. The molecule has 0 bridgehead atoms. The Balaban J connectivity index is 1.61. The lowest BCUT2D eigenvalue weighted by Gasteiger charge is -2.26. The zero-order valence-corrected chi connectivity index (χ0v) is 16.7. The van der Waals surface area contributed by atoms with Crippen molar-refractivity contribution in [1.82, 2.24) is 4.98 Å². The molecule has 6 nitrogen and oxygen atoms in total. The van der Waals surface area contributed by atoms with Gasteiger partial charge in [0, 0.05) is 28.7 Å². The van der Waals surface area contributed by atoms with Gasteiger partial charge in [0.2, 0.25) is 5.90 Å². The molecule has 2 aromatic carbocycles. The number of nitrogens with zero attached hydrogens (tertiary/aromatic N) is 4. The average molecular weight is 412 g/mol. The first kappa shape index (κ1) is 18.5. The SMILES string of the molecule is COC1=NN(c2cccc(Nc3nccs3)c2)C(Cc2ccc(Cl)cc2)=NC1. The highest BCUT2D eigenvalue weighted by Crippen LogP contribution is 2.26. The zero-order valence-electron chi connectivity index (χ0n) is 15.2. The van der Waals surface area contributed by atoms with Crippen molar-refractivity contribution in [3.63, 3.8) is 0 Å². The van der Waals surface area contributed by atoms with Gasteiger partial charge >= 0.3 is 0 Å². The Labute approximate surface area is 172 Å². The number of hydrogen-bond donors (Lipinski definition) is 1. The van der Waals surface area contributed by atoms with Gasteiger partial charge in [0.25, 0.3) is 0 Å². The quantitative estimate of drug-likeness (QED) is 0.644. The summed E-state index contributed by atoms with van der Waals surface area (Å²) >= 11 is 7.55. The van der Waals surface area contributed by atoms with E-state index in [-0.39, 0.29) is 0 Å². The Bertz CT molecular complexity index is 1000. The lowest BCUT2D eigenvalue weighted by molar-refractivity contribution is 0.392. The first-order chi connectivity index (χ1) is 13.7. The van der Waals surface area contributed by atoms with Crippen molar-refractivity contribution in [3.05, 3.63) is 70.7 Å². The normalized spacial score (nSPS) is 13.7. The van der Waals surface area contributed by atoms with E-state index in [0.29, 0.717) is 23.9 Å². The van der Waals surface area contributed by atoms with Crippen LogP contribution in [0.5, 0.6) is 0 Å². The number of amidine groups is 1. The Morgan fingerprint density at radius 1 is 1.21 bits per heavy atom. The molecule has 142 valence electrons. The number of hydrazone groups is 1. The molecule has 3 aromatic rings. The van der Waals surface area contributed by atoms with E-state index >= 15 is 0 Å². The molecule has 28 heavy (non-hydrogen) atoms. The number of rotatable bonds is 5. The molecule has 0 saturated heterocycles. The van der Waals surface area contributed by atoms with Gasteiger partial charge in [-0.15, -0.1) is 16.4 Å².